The maximum Gasteiger partial charge on any atom is 0.390 e. The van der Waals surface area contributed by atoms with Crippen molar-refractivity contribution >= 4 is 0 Å². The number of hydrogen-bond acceptors (Lipinski definition) is 0. The third-order valence-corrected chi connectivity index (χ3v) is 8.30. The summed E-state index contributed by atoms with van der Waals surface area (Å²) in [6.45, 7) is 7.02. The molecule has 37 heavy (non-hydrogen) atoms. The van der Waals surface area contributed by atoms with Gasteiger partial charge in [0.1, 0.15) is 11.4 Å². The van der Waals surface area contributed by atoms with Gasteiger partial charge in [0.05, 0.1) is 12.0 Å². The van der Waals surface area contributed by atoms with Gasteiger partial charge >= 0.3 is 6.18 Å². The lowest BCUT2D eigenvalue weighted by molar-refractivity contribution is -0.735. The zero-order valence-electron chi connectivity index (χ0n) is 25.1. The van der Waals surface area contributed by atoms with Crippen LogP contribution < -0.4 is 4.68 Å². The summed E-state index contributed by atoms with van der Waals surface area (Å²) in [6, 6.07) is 20.5. The van der Waals surface area contributed by atoms with Crippen LogP contribution in [-0.4, -0.2) is 10.9 Å². The van der Waals surface area contributed by atoms with Gasteiger partial charge in [-0.15, -0.1) is 9.36 Å². The summed E-state index contributed by atoms with van der Waals surface area (Å²) in [5.41, 5.74) is 4.72. The first kappa shape index (κ1) is 21.7. The minimum absolute atomic E-state index is 0.195. The standard InChI is InChI=1S/C32H34F3N2/c1-20-16-21(2)18-24(17-20)28-26(23-13-9-8-10-14-23)29-31(6,19-32(33,34)35)30(4,5)25-15-11-12-22(3)27(25)37(29)36(28)7/h8-18H,19H2,1-7H3/q+1/i1D3. The first-order valence-corrected chi connectivity index (χ1v) is 12.5. The average Bonchev–Trinajstić information content (AvgIpc) is 3.15. The lowest BCUT2D eigenvalue weighted by Gasteiger charge is -2.48. The number of halogens is 3. The first-order chi connectivity index (χ1) is 18.5. The molecule has 0 radical (unpaired) electrons. The van der Waals surface area contributed by atoms with Crippen LogP contribution in [0.4, 0.5) is 13.2 Å². The fraction of sp³-hybridized carbons (Fsp3) is 0.344. The molecule has 0 fully saturated rings. The average molecular weight is 507 g/mol. The van der Waals surface area contributed by atoms with Gasteiger partial charge in [-0.2, -0.15) is 13.2 Å². The highest BCUT2D eigenvalue weighted by Gasteiger charge is 2.59. The Labute approximate surface area is 221 Å². The van der Waals surface area contributed by atoms with Crippen LogP contribution in [-0.2, 0) is 17.9 Å². The van der Waals surface area contributed by atoms with Gasteiger partial charge < -0.3 is 0 Å². The summed E-state index contributed by atoms with van der Waals surface area (Å²) in [7, 11) is 1.85. The third kappa shape index (κ3) is 3.82. The molecule has 5 rings (SSSR count). The van der Waals surface area contributed by atoms with E-state index in [1.807, 2.05) is 98.7 Å². The van der Waals surface area contributed by atoms with Gasteiger partial charge in [0, 0.05) is 20.5 Å². The maximum absolute atomic E-state index is 14.5. The van der Waals surface area contributed by atoms with Crippen molar-refractivity contribution in [2.24, 2.45) is 7.05 Å². The quantitative estimate of drug-likeness (QED) is 0.249. The molecule has 1 aromatic heterocycles. The molecule has 0 saturated heterocycles. The molecule has 4 aromatic rings. The molecule has 2 heterocycles. The third-order valence-electron chi connectivity index (χ3n) is 8.30. The Balaban J connectivity index is 2.02. The Morgan fingerprint density at radius 2 is 1.57 bits per heavy atom. The summed E-state index contributed by atoms with van der Waals surface area (Å²) in [4.78, 5) is 0. The van der Waals surface area contributed by atoms with E-state index in [-0.39, 0.29) is 5.56 Å². The smallest absolute Gasteiger partial charge is 0.171 e. The van der Waals surface area contributed by atoms with Crippen molar-refractivity contribution in [2.75, 3.05) is 0 Å². The van der Waals surface area contributed by atoms with Crippen molar-refractivity contribution in [3.8, 4) is 28.1 Å². The largest absolute Gasteiger partial charge is 0.390 e. The Kier molecular flexibility index (Phi) is 4.89. The number of benzene rings is 3. The Morgan fingerprint density at radius 1 is 0.892 bits per heavy atom. The number of para-hydroxylation sites is 1. The van der Waals surface area contributed by atoms with Crippen molar-refractivity contribution in [3.05, 3.63) is 94.7 Å². The molecule has 1 atom stereocenters. The van der Waals surface area contributed by atoms with Crippen LogP contribution in [0, 0.1) is 20.7 Å². The van der Waals surface area contributed by atoms with Crippen molar-refractivity contribution in [3.63, 3.8) is 0 Å². The van der Waals surface area contributed by atoms with Crippen molar-refractivity contribution in [2.45, 2.75) is 64.9 Å². The van der Waals surface area contributed by atoms with E-state index in [0.29, 0.717) is 22.5 Å². The van der Waals surface area contributed by atoms with Crippen LogP contribution in [0.3, 0.4) is 0 Å². The number of nitrogens with zero attached hydrogens (tertiary/aromatic N) is 2. The summed E-state index contributed by atoms with van der Waals surface area (Å²) in [5.74, 6) is 0. The fourth-order valence-corrected chi connectivity index (χ4v) is 6.27. The molecule has 3 aromatic carbocycles. The van der Waals surface area contributed by atoms with E-state index in [4.69, 9.17) is 4.11 Å². The topological polar surface area (TPSA) is 8.81 Å². The molecule has 0 spiro atoms. The van der Waals surface area contributed by atoms with Gasteiger partial charge in [-0.25, -0.2) is 0 Å². The zero-order chi connectivity index (χ0) is 29.4. The van der Waals surface area contributed by atoms with Gasteiger partial charge in [0.2, 0.25) is 5.69 Å². The summed E-state index contributed by atoms with van der Waals surface area (Å²) in [5, 5.41) is 0. The van der Waals surface area contributed by atoms with Gasteiger partial charge in [-0.05, 0) is 49.5 Å². The predicted octanol–water partition coefficient (Wildman–Crippen LogP) is 8.06. The van der Waals surface area contributed by atoms with E-state index in [0.717, 1.165) is 27.9 Å². The molecule has 1 aliphatic rings. The van der Waals surface area contributed by atoms with Crippen molar-refractivity contribution < 1.29 is 22.0 Å². The lowest BCUT2D eigenvalue weighted by atomic mass is 9.56. The number of aromatic nitrogens is 2. The van der Waals surface area contributed by atoms with Gasteiger partial charge in [0.15, 0.2) is 7.05 Å². The van der Waals surface area contributed by atoms with Crippen LogP contribution in [0.1, 0.15) is 59.3 Å². The molecule has 0 amide bonds. The molecular weight excluding hydrogens is 469 g/mol. The zero-order valence-corrected chi connectivity index (χ0v) is 22.1. The van der Waals surface area contributed by atoms with E-state index < -0.39 is 30.3 Å². The molecule has 1 aliphatic heterocycles. The number of rotatable bonds is 3. The summed E-state index contributed by atoms with van der Waals surface area (Å²) in [6.07, 6.45) is -5.44. The Hall–Kier alpha value is -3.34. The molecule has 2 nitrogen and oxygen atoms in total. The monoisotopic (exact) mass is 506 g/mol. The summed E-state index contributed by atoms with van der Waals surface area (Å²) < 4.78 is 71.5. The second-order valence-electron chi connectivity index (χ2n) is 11.1. The highest BCUT2D eigenvalue weighted by molar-refractivity contribution is 5.84. The highest BCUT2D eigenvalue weighted by Crippen LogP contribution is 2.57. The van der Waals surface area contributed by atoms with E-state index in [9.17, 15) is 13.2 Å². The van der Waals surface area contributed by atoms with E-state index in [2.05, 4.69) is 0 Å². The fourth-order valence-electron chi connectivity index (χ4n) is 6.27. The molecule has 0 bridgehead atoms. The molecule has 5 heteroatoms. The van der Waals surface area contributed by atoms with Gasteiger partial charge in [0.25, 0.3) is 0 Å². The minimum Gasteiger partial charge on any atom is -0.171 e. The number of aryl methyl sites for hydroxylation is 3. The van der Waals surface area contributed by atoms with Crippen LogP contribution in [0.5, 0.6) is 0 Å². The molecule has 0 saturated carbocycles. The molecule has 1 unspecified atom stereocenters. The van der Waals surface area contributed by atoms with E-state index in [1.54, 1.807) is 19.1 Å². The predicted molar refractivity (Wildman–Crippen MR) is 143 cm³/mol. The number of hydrogen-bond donors (Lipinski definition) is 0. The second kappa shape index (κ2) is 8.34. The first-order valence-electron chi connectivity index (χ1n) is 14.0. The SMILES string of the molecule is [2H]C([2H])([2H])c1cc(C)cc(-c2c(-c3ccccc3)c3n([n+]2C)-c2c(C)cccc2C(C)(C)C3(C)CC(F)(F)F)c1. The van der Waals surface area contributed by atoms with Crippen molar-refractivity contribution in [1.29, 1.82) is 0 Å². The van der Waals surface area contributed by atoms with E-state index in [1.165, 1.54) is 0 Å². The van der Waals surface area contributed by atoms with Gasteiger partial charge in [-0.3, -0.25) is 0 Å². The van der Waals surface area contributed by atoms with Crippen LogP contribution in [0.2, 0.25) is 0 Å². The van der Waals surface area contributed by atoms with Gasteiger partial charge in [-0.1, -0.05) is 86.5 Å². The Morgan fingerprint density at radius 3 is 2.22 bits per heavy atom. The molecule has 0 aliphatic carbocycles. The lowest BCUT2D eigenvalue weighted by Crippen LogP contribution is -2.54. The molecule has 192 valence electrons. The second-order valence-corrected chi connectivity index (χ2v) is 11.1. The van der Waals surface area contributed by atoms with Crippen molar-refractivity contribution in [1.82, 2.24) is 4.68 Å². The molecule has 0 N–H and O–H groups in total. The number of alkyl halides is 3. The molecular formula is C32H34F3N2+. The van der Waals surface area contributed by atoms with Crippen LogP contribution in [0.15, 0.2) is 66.7 Å². The minimum atomic E-state index is -4.42. The van der Waals surface area contributed by atoms with Crippen LogP contribution in [0.25, 0.3) is 28.1 Å². The maximum atomic E-state index is 14.5. The summed E-state index contributed by atoms with van der Waals surface area (Å²) >= 11 is 0. The van der Waals surface area contributed by atoms with E-state index >= 15 is 0 Å². The van der Waals surface area contributed by atoms with Crippen LogP contribution >= 0.6 is 0 Å². The number of fused-ring (bicyclic) bond motifs is 3. The Bertz CT molecular complexity index is 1620. The normalized spacial score (nSPS) is 20.0. The highest BCUT2D eigenvalue weighted by atomic mass is 19.4.